The number of benzene rings is 6. The Morgan fingerprint density at radius 3 is 1.83 bits per heavy atom. The summed E-state index contributed by atoms with van der Waals surface area (Å²) in [4.78, 5) is 4.55. The molecule has 0 radical (unpaired) electrons. The van der Waals surface area contributed by atoms with Gasteiger partial charge in [-0.05, 0) is 66.0 Å². The molecule has 0 unspecified atom stereocenters. The van der Waals surface area contributed by atoms with Crippen LogP contribution in [0.1, 0.15) is 0 Å². The van der Waals surface area contributed by atoms with Gasteiger partial charge in [-0.3, -0.25) is 4.98 Å². The first kappa shape index (κ1) is 23.1. The zero-order valence-corrected chi connectivity index (χ0v) is 22.8. The van der Waals surface area contributed by atoms with Crippen molar-refractivity contribution in [3.05, 3.63) is 152 Å². The van der Waals surface area contributed by atoms with E-state index < -0.39 is 0 Å². The molecule has 0 amide bonds. The van der Waals surface area contributed by atoms with Crippen LogP contribution in [0.15, 0.2) is 152 Å². The van der Waals surface area contributed by atoms with Crippen LogP contribution in [0.25, 0.3) is 77.0 Å². The minimum absolute atomic E-state index is 0.979. The molecule has 0 N–H and O–H groups in total. The smallest absolute Gasteiger partial charge is 0.0701 e. The zero-order valence-electron chi connectivity index (χ0n) is 22.8. The topological polar surface area (TPSA) is 22.8 Å². The SMILES string of the molecule is c1ccc(-n2c3ccccc3c3cc4ccc5c6ccccc6n(-c6ccc(-c7ccccn7)cc6)c5c4cc32)cc1. The summed E-state index contributed by atoms with van der Waals surface area (Å²) in [7, 11) is 0. The first-order chi connectivity index (χ1) is 20.8. The van der Waals surface area contributed by atoms with E-state index in [9.17, 15) is 0 Å². The van der Waals surface area contributed by atoms with Gasteiger partial charge in [0.1, 0.15) is 0 Å². The quantitative estimate of drug-likeness (QED) is 0.221. The molecule has 3 aromatic heterocycles. The molecule has 196 valence electrons. The van der Waals surface area contributed by atoms with Crippen LogP contribution in [0.3, 0.4) is 0 Å². The van der Waals surface area contributed by atoms with Crippen LogP contribution in [-0.4, -0.2) is 14.1 Å². The number of hydrogen-bond acceptors (Lipinski definition) is 1. The molecule has 42 heavy (non-hydrogen) atoms. The Morgan fingerprint density at radius 2 is 1.07 bits per heavy atom. The predicted molar refractivity (Wildman–Crippen MR) is 176 cm³/mol. The summed E-state index contributed by atoms with van der Waals surface area (Å²) in [5, 5.41) is 7.53. The maximum absolute atomic E-state index is 4.55. The van der Waals surface area contributed by atoms with Gasteiger partial charge in [-0.25, -0.2) is 0 Å². The highest BCUT2D eigenvalue weighted by atomic mass is 15.0. The van der Waals surface area contributed by atoms with E-state index in [1.54, 1.807) is 0 Å². The van der Waals surface area contributed by atoms with E-state index in [0.717, 1.165) is 16.9 Å². The highest BCUT2D eigenvalue weighted by Crippen LogP contribution is 2.40. The minimum Gasteiger partial charge on any atom is -0.309 e. The van der Waals surface area contributed by atoms with E-state index >= 15 is 0 Å². The molecule has 0 aliphatic rings. The van der Waals surface area contributed by atoms with Crippen LogP contribution in [0.2, 0.25) is 0 Å². The maximum Gasteiger partial charge on any atom is 0.0701 e. The molecule has 0 saturated carbocycles. The molecule has 0 spiro atoms. The number of rotatable bonds is 3. The summed E-state index contributed by atoms with van der Waals surface area (Å²) >= 11 is 0. The second-order valence-corrected chi connectivity index (χ2v) is 10.9. The van der Waals surface area contributed by atoms with Crippen LogP contribution in [0, 0.1) is 0 Å². The standard InChI is InChI=1S/C39H25N3/c1-2-10-28(11-3-1)41-36-15-6-5-13-31(36)34-24-27-19-22-32-30-12-4-7-16-37(30)42(39(32)33(27)25-38(34)41)29-20-17-26(18-21-29)35-14-8-9-23-40-35/h1-25H. The molecule has 0 atom stereocenters. The van der Waals surface area contributed by atoms with Gasteiger partial charge < -0.3 is 9.13 Å². The number of fused-ring (bicyclic) bond motifs is 8. The Kier molecular flexibility index (Phi) is 4.90. The number of nitrogens with zero attached hydrogens (tertiary/aromatic N) is 3. The molecule has 9 rings (SSSR count). The lowest BCUT2D eigenvalue weighted by Gasteiger charge is -2.12. The van der Waals surface area contributed by atoms with E-state index in [0.29, 0.717) is 0 Å². The van der Waals surface area contributed by atoms with Gasteiger partial charge in [-0.2, -0.15) is 0 Å². The van der Waals surface area contributed by atoms with Crippen LogP contribution < -0.4 is 0 Å². The number of pyridine rings is 1. The predicted octanol–water partition coefficient (Wildman–Crippen LogP) is 10.1. The Labute approximate surface area is 242 Å². The van der Waals surface area contributed by atoms with Crippen molar-refractivity contribution in [2.45, 2.75) is 0 Å². The largest absolute Gasteiger partial charge is 0.309 e. The second-order valence-electron chi connectivity index (χ2n) is 10.9. The molecule has 3 nitrogen and oxygen atoms in total. The molecule has 0 saturated heterocycles. The lowest BCUT2D eigenvalue weighted by Crippen LogP contribution is -1.96. The van der Waals surface area contributed by atoms with Gasteiger partial charge in [0, 0.05) is 50.1 Å². The molecule has 9 aromatic rings. The van der Waals surface area contributed by atoms with Crippen molar-refractivity contribution < 1.29 is 0 Å². The van der Waals surface area contributed by atoms with Gasteiger partial charge in [0.15, 0.2) is 0 Å². The van der Waals surface area contributed by atoms with Gasteiger partial charge in [0.2, 0.25) is 0 Å². The van der Waals surface area contributed by atoms with Gasteiger partial charge in [-0.1, -0.05) is 84.9 Å². The lowest BCUT2D eigenvalue weighted by molar-refractivity contribution is 1.18. The number of hydrogen-bond donors (Lipinski definition) is 0. The molecule has 6 aromatic carbocycles. The fourth-order valence-corrected chi connectivity index (χ4v) is 6.69. The molecule has 0 bridgehead atoms. The molecule has 3 heteroatoms. The van der Waals surface area contributed by atoms with E-state index in [-0.39, 0.29) is 0 Å². The zero-order chi connectivity index (χ0) is 27.6. The third-order valence-electron chi connectivity index (χ3n) is 8.54. The van der Waals surface area contributed by atoms with Crippen molar-refractivity contribution in [2.24, 2.45) is 0 Å². The number of para-hydroxylation sites is 3. The Bertz CT molecular complexity index is 2430. The molecular formula is C39H25N3. The Morgan fingerprint density at radius 1 is 0.405 bits per heavy atom. The van der Waals surface area contributed by atoms with E-state index in [1.807, 2.05) is 18.3 Å². The first-order valence-corrected chi connectivity index (χ1v) is 14.3. The molecular weight excluding hydrogens is 510 g/mol. The van der Waals surface area contributed by atoms with Crippen molar-refractivity contribution in [3.8, 4) is 22.6 Å². The highest BCUT2D eigenvalue weighted by molar-refractivity contribution is 6.22. The average Bonchev–Trinajstić information content (AvgIpc) is 3.57. The van der Waals surface area contributed by atoms with Crippen molar-refractivity contribution in [1.29, 1.82) is 0 Å². The minimum atomic E-state index is 0.979. The monoisotopic (exact) mass is 535 g/mol. The van der Waals surface area contributed by atoms with Gasteiger partial charge in [0.25, 0.3) is 0 Å². The first-order valence-electron chi connectivity index (χ1n) is 14.3. The Balaban J connectivity index is 1.39. The summed E-state index contributed by atoms with van der Waals surface area (Å²) in [6, 6.07) is 52.3. The van der Waals surface area contributed by atoms with Crippen molar-refractivity contribution >= 4 is 54.4 Å². The normalized spacial score (nSPS) is 11.8. The third kappa shape index (κ3) is 3.31. The van der Waals surface area contributed by atoms with Crippen LogP contribution in [-0.2, 0) is 0 Å². The summed E-state index contributed by atoms with van der Waals surface area (Å²) in [6.07, 6.45) is 1.85. The fraction of sp³-hybridized carbons (Fsp3) is 0. The number of aromatic nitrogens is 3. The van der Waals surface area contributed by atoms with E-state index in [1.165, 1.54) is 60.1 Å². The van der Waals surface area contributed by atoms with E-state index in [4.69, 9.17) is 0 Å². The molecule has 0 aliphatic carbocycles. The van der Waals surface area contributed by atoms with Crippen LogP contribution in [0.4, 0.5) is 0 Å². The van der Waals surface area contributed by atoms with Crippen molar-refractivity contribution in [1.82, 2.24) is 14.1 Å². The molecule has 3 heterocycles. The van der Waals surface area contributed by atoms with Crippen molar-refractivity contribution in [3.63, 3.8) is 0 Å². The van der Waals surface area contributed by atoms with Gasteiger partial charge in [0.05, 0.1) is 27.8 Å². The van der Waals surface area contributed by atoms with Gasteiger partial charge >= 0.3 is 0 Å². The van der Waals surface area contributed by atoms with Crippen molar-refractivity contribution in [2.75, 3.05) is 0 Å². The van der Waals surface area contributed by atoms with Crippen LogP contribution >= 0.6 is 0 Å². The summed E-state index contributed by atoms with van der Waals surface area (Å²) in [5.74, 6) is 0. The molecule has 0 aliphatic heterocycles. The lowest BCUT2D eigenvalue weighted by atomic mass is 10.0. The van der Waals surface area contributed by atoms with Crippen LogP contribution in [0.5, 0.6) is 0 Å². The van der Waals surface area contributed by atoms with E-state index in [2.05, 4.69) is 148 Å². The molecule has 0 fully saturated rings. The Hall–Kier alpha value is -5.67. The third-order valence-corrected chi connectivity index (χ3v) is 8.54. The fourth-order valence-electron chi connectivity index (χ4n) is 6.69. The summed E-state index contributed by atoms with van der Waals surface area (Å²) < 4.78 is 4.83. The highest BCUT2D eigenvalue weighted by Gasteiger charge is 2.18. The van der Waals surface area contributed by atoms with Gasteiger partial charge in [-0.15, -0.1) is 0 Å². The maximum atomic E-state index is 4.55. The summed E-state index contributed by atoms with van der Waals surface area (Å²) in [5.41, 5.74) is 9.26. The summed E-state index contributed by atoms with van der Waals surface area (Å²) in [6.45, 7) is 0. The average molecular weight is 536 g/mol. The second kappa shape index (κ2) is 8.92.